The van der Waals surface area contributed by atoms with E-state index in [0.717, 1.165) is 0 Å². The molecule has 0 aromatic carbocycles. The van der Waals surface area contributed by atoms with Crippen LogP contribution in [0.4, 0.5) is 0 Å². The number of alkyl halides is 30. The zero-order valence-electron chi connectivity index (χ0n) is 26.0. The minimum absolute atomic E-state index is 0.194. The first-order chi connectivity index (χ1) is 24.0. The van der Waals surface area contributed by atoms with E-state index >= 15 is 0 Å². The van der Waals surface area contributed by atoms with Gasteiger partial charge in [0.05, 0.1) is 86.7 Å². The molecule has 32 heteroatoms. The van der Waals surface area contributed by atoms with E-state index < -0.39 is 0 Å². The number of esters is 1. The van der Waals surface area contributed by atoms with Crippen molar-refractivity contribution >= 4 is 354 Å². The summed E-state index contributed by atoms with van der Waals surface area (Å²) >= 11 is 143. The lowest BCUT2D eigenvalue weighted by atomic mass is 10.8. The molecule has 0 aromatic heterocycles. The van der Waals surface area contributed by atoms with E-state index in [9.17, 15) is 4.79 Å². The Hall–Kier alpha value is 8.17. The van der Waals surface area contributed by atoms with Gasteiger partial charge < -0.3 is 4.74 Å². The number of hydrogen-bond donors (Lipinski definition) is 0. The average Bonchev–Trinajstić information content (AvgIpc) is 3.00. The fraction of sp³-hybridized carbons (Fsp3) is 0.947. The van der Waals surface area contributed by atoms with Gasteiger partial charge in [-0.1, -0.05) is 0 Å². The summed E-state index contributed by atoms with van der Waals surface area (Å²) in [6, 6.07) is 0. The second-order valence-corrected chi connectivity index (χ2v) is 14.6. The molecule has 0 amide bonds. The molecule has 0 aromatic rings. The van der Waals surface area contributed by atoms with Crippen molar-refractivity contribution in [1.82, 2.24) is 0 Å². The summed E-state index contributed by atoms with van der Waals surface area (Å²) in [5.74, 6) is -0.211. The van der Waals surface area contributed by atoms with Gasteiger partial charge in [-0.05, 0) is 6.92 Å². The second kappa shape index (κ2) is 240. The molecule has 0 N–H and O–H groups in total. The summed E-state index contributed by atoms with van der Waals surface area (Å²) in [6.07, 6.45) is 0. The van der Waals surface area contributed by atoms with Crippen LogP contribution in [0.25, 0.3) is 0 Å². The van der Waals surface area contributed by atoms with Gasteiger partial charge in [0.1, 0.15) is 0 Å². The first kappa shape index (κ1) is 107. The summed E-state index contributed by atoms with van der Waals surface area (Å²) in [7, 11) is 0. The molecule has 0 saturated carbocycles. The van der Waals surface area contributed by atoms with Gasteiger partial charge in [-0.3, -0.25) is 4.79 Å². The third kappa shape index (κ3) is 1470. The van der Waals surface area contributed by atoms with Crippen molar-refractivity contribution in [1.29, 1.82) is 0 Å². The van der Waals surface area contributed by atoms with Gasteiger partial charge in [0.25, 0.3) is 0 Å². The van der Waals surface area contributed by atoms with Crippen LogP contribution in [0.3, 0.4) is 0 Å². The van der Waals surface area contributed by atoms with Crippen LogP contribution < -0.4 is 0 Å². The van der Waals surface area contributed by atoms with Crippen LogP contribution in [-0.4, -0.2) is 92.7 Å². The highest BCUT2D eigenvalue weighted by molar-refractivity contribution is 6.44. The van der Waals surface area contributed by atoms with E-state index in [-0.39, 0.29) is 86.1 Å². The standard InChI is InChI=1S/C4H8O2.15CH2Cl2/c1-3-6-4(2)5;15*2-1-3/h3H2,1-2H3;15*1H2. The molecule has 0 aliphatic heterocycles. The highest BCUT2D eigenvalue weighted by Crippen LogP contribution is 1.77. The van der Waals surface area contributed by atoms with Crippen molar-refractivity contribution in [3.05, 3.63) is 0 Å². The van der Waals surface area contributed by atoms with Crippen LogP contribution in [-0.2, 0) is 9.53 Å². The number of carbonyl (C=O) groups is 1. The summed E-state index contributed by atoms with van der Waals surface area (Å²) in [5, 5.41) is 2.92. The van der Waals surface area contributed by atoms with Crippen LogP contribution in [0.2, 0.25) is 0 Å². The molecule has 0 radical (unpaired) electrons. The van der Waals surface area contributed by atoms with E-state index in [2.05, 4.69) is 4.74 Å². The minimum atomic E-state index is -0.211. The lowest BCUT2D eigenvalue weighted by Crippen LogP contribution is -1.95. The number of halogens is 30. The quantitative estimate of drug-likeness (QED) is 0.193. The molecule has 0 saturated heterocycles. The molecule has 0 aliphatic carbocycles. The fourth-order valence-electron chi connectivity index (χ4n) is 0.203. The van der Waals surface area contributed by atoms with Gasteiger partial charge in [-0.15, -0.1) is 348 Å². The summed E-state index contributed by atoms with van der Waals surface area (Å²) < 4.78 is 4.40. The zero-order valence-corrected chi connectivity index (χ0v) is 48.6. The maximum absolute atomic E-state index is 9.82. The summed E-state index contributed by atoms with van der Waals surface area (Å²) in [4.78, 5) is 9.82. The fourth-order valence-corrected chi connectivity index (χ4v) is 0.203. The normalized spacial score (nSPS) is 6.20. The second-order valence-electron chi connectivity index (χ2n) is 2.44. The Balaban J connectivity index is -0.0000000184. The topological polar surface area (TPSA) is 26.3 Å². The molecule has 0 fully saturated rings. The number of carbonyl (C=O) groups excluding carboxylic acids is 1. The molecule has 0 spiro atoms. The Morgan fingerprint density at radius 3 is 0.333 bits per heavy atom. The van der Waals surface area contributed by atoms with Crippen LogP contribution >= 0.6 is 348 Å². The van der Waals surface area contributed by atoms with E-state index in [1.807, 2.05) is 0 Å². The van der Waals surface area contributed by atoms with E-state index in [1.54, 1.807) is 6.92 Å². The maximum Gasteiger partial charge on any atom is 0.302 e. The molecule has 0 bridgehead atoms. The minimum Gasteiger partial charge on any atom is -0.466 e. The van der Waals surface area contributed by atoms with Gasteiger partial charge in [0.15, 0.2) is 0 Å². The summed E-state index contributed by atoms with van der Waals surface area (Å²) in [5.41, 5.74) is 0. The molecule has 336 valence electrons. The Kier molecular flexibility index (Phi) is 505. The predicted octanol–water partition coefficient (Wildman–Crippen LogP) is 21.9. The number of hydrogen-bond acceptors (Lipinski definition) is 2. The van der Waals surface area contributed by atoms with Crippen molar-refractivity contribution in [2.45, 2.75) is 13.8 Å². The van der Waals surface area contributed by atoms with E-state index in [4.69, 9.17) is 348 Å². The molecule has 2 nitrogen and oxygen atoms in total. The van der Waals surface area contributed by atoms with Gasteiger partial charge >= 0.3 is 5.97 Å². The Morgan fingerprint density at radius 1 is 0.275 bits per heavy atom. The van der Waals surface area contributed by atoms with Crippen molar-refractivity contribution in [2.75, 3.05) is 86.7 Å². The van der Waals surface area contributed by atoms with Crippen LogP contribution in [0.15, 0.2) is 0 Å². The average molecular weight is 1360 g/mol. The SMILES string of the molecule is CCOC(C)=O.ClCCl.ClCCl.ClCCl.ClCCl.ClCCl.ClCCl.ClCCl.ClCCl.ClCCl.ClCCl.ClCCl.ClCCl.ClCCl.ClCCl.ClCCl. The molecule has 0 heterocycles. The maximum atomic E-state index is 9.82. The smallest absolute Gasteiger partial charge is 0.302 e. The zero-order chi connectivity index (χ0) is 45.6. The van der Waals surface area contributed by atoms with Crippen LogP contribution in [0, 0.1) is 0 Å². The van der Waals surface area contributed by atoms with Gasteiger partial charge in [-0.2, -0.15) is 0 Å². The first-order valence-electron chi connectivity index (χ1n) is 9.92. The monoisotopic (exact) mass is 1350 g/mol. The molecule has 0 rings (SSSR count). The van der Waals surface area contributed by atoms with Crippen molar-refractivity contribution in [3.63, 3.8) is 0 Å². The van der Waals surface area contributed by atoms with Gasteiger partial charge in [-0.25, -0.2) is 0 Å². The molecule has 51 heavy (non-hydrogen) atoms. The molecular formula is C19H38Cl30O2. The van der Waals surface area contributed by atoms with Crippen LogP contribution in [0.5, 0.6) is 0 Å². The van der Waals surface area contributed by atoms with Gasteiger partial charge in [0.2, 0.25) is 0 Å². The van der Waals surface area contributed by atoms with E-state index in [1.165, 1.54) is 6.92 Å². The Bertz CT molecular complexity index is 205. The third-order valence-electron chi connectivity index (χ3n) is 0.348. The highest BCUT2D eigenvalue weighted by Gasteiger charge is 1.81. The molecule has 0 unspecified atom stereocenters. The largest absolute Gasteiger partial charge is 0.466 e. The highest BCUT2D eigenvalue weighted by atomic mass is 35.6. The van der Waals surface area contributed by atoms with Crippen molar-refractivity contribution < 1.29 is 9.53 Å². The third-order valence-corrected chi connectivity index (χ3v) is 0.348. The molecule has 0 atom stereocenters. The Labute approximate surface area is 457 Å². The van der Waals surface area contributed by atoms with E-state index in [0.29, 0.717) is 6.61 Å². The lowest BCUT2D eigenvalue weighted by Gasteiger charge is -1.89. The summed E-state index contributed by atoms with van der Waals surface area (Å²) in [6.45, 7) is 3.65. The van der Waals surface area contributed by atoms with Crippen LogP contribution in [0.1, 0.15) is 13.8 Å². The van der Waals surface area contributed by atoms with Crippen molar-refractivity contribution in [2.24, 2.45) is 0 Å². The lowest BCUT2D eigenvalue weighted by molar-refractivity contribution is -0.140. The number of rotatable bonds is 1. The van der Waals surface area contributed by atoms with Crippen molar-refractivity contribution in [3.8, 4) is 0 Å². The Morgan fingerprint density at radius 2 is 0.333 bits per heavy atom. The molecular weight excluding hydrogens is 1320 g/mol. The predicted molar refractivity (Wildman–Crippen MR) is 271 cm³/mol. The molecule has 0 aliphatic rings. The van der Waals surface area contributed by atoms with Gasteiger partial charge in [0, 0.05) is 6.92 Å². The number of ether oxygens (including phenoxy) is 1. The first-order valence-corrected chi connectivity index (χ1v) is 26.0.